The molecule has 1 heterocycles. The third kappa shape index (κ3) is 5.00. The molecule has 2 aromatic carbocycles. The van der Waals surface area contributed by atoms with Gasteiger partial charge >= 0.3 is 6.18 Å². The molecule has 156 valence electrons. The van der Waals surface area contributed by atoms with Crippen LogP contribution in [0, 0.1) is 0 Å². The first kappa shape index (κ1) is 21.0. The number of carbonyl (C=O) groups excluding carboxylic acids is 1. The molecule has 8 heteroatoms. The predicted octanol–water partition coefficient (Wildman–Crippen LogP) is 3.68. The molecule has 1 fully saturated rings. The number of piperazine rings is 1. The number of halogens is 3. The number of carbonyl (C=O) groups is 1. The Bertz CT molecular complexity index is 845. The van der Waals surface area contributed by atoms with Crippen LogP contribution in [0.3, 0.4) is 0 Å². The highest BCUT2D eigenvalue weighted by Gasteiger charge is 2.30. The van der Waals surface area contributed by atoms with E-state index in [1.165, 1.54) is 19.2 Å². The van der Waals surface area contributed by atoms with E-state index in [2.05, 4.69) is 4.90 Å². The normalized spacial score (nSPS) is 15.3. The summed E-state index contributed by atoms with van der Waals surface area (Å²) in [5.41, 5.74) is 0.643. The average molecular weight is 408 g/mol. The number of hydrogen-bond acceptors (Lipinski definition) is 4. The van der Waals surface area contributed by atoms with Crippen molar-refractivity contribution in [2.75, 3.05) is 40.4 Å². The van der Waals surface area contributed by atoms with Gasteiger partial charge in [0.1, 0.15) is 11.5 Å². The van der Waals surface area contributed by atoms with Crippen molar-refractivity contribution in [3.05, 3.63) is 59.2 Å². The van der Waals surface area contributed by atoms with Gasteiger partial charge in [-0.3, -0.25) is 9.69 Å². The quantitative estimate of drug-likeness (QED) is 0.757. The van der Waals surface area contributed by atoms with E-state index in [1.54, 1.807) is 30.2 Å². The molecular weight excluding hydrogens is 385 g/mol. The zero-order chi connectivity index (χ0) is 21.0. The second kappa shape index (κ2) is 8.73. The lowest BCUT2D eigenvalue weighted by atomic mass is 10.1. The van der Waals surface area contributed by atoms with Gasteiger partial charge in [-0.2, -0.15) is 13.2 Å². The molecule has 29 heavy (non-hydrogen) atoms. The maximum Gasteiger partial charge on any atom is 0.416 e. The van der Waals surface area contributed by atoms with Crippen LogP contribution in [0.4, 0.5) is 13.2 Å². The predicted molar refractivity (Wildman–Crippen MR) is 102 cm³/mol. The molecule has 0 aromatic heterocycles. The first-order valence-electron chi connectivity index (χ1n) is 9.21. The Balaban J connectivity index is 1.58. The Morgan fingerprint density at radius 3 is 2.17 bits per heavy atom. The molecule has 2 aromatic rings. The average Bonchev–Trinajstić information content (AvgIpc) is 2.73. The molecule has 0 N–H and O–H groups in total. The van der Waals surface area contributed by atoms with E-state index in [1.807, 2.05) is 0 Å². The van der Waals surface area contributed by atoms with Crippen molar-refractivity contribution in [1.82, 2.24) is 9.80 Å². The minimum atomic E-state index is -4.33. The second-order valence-electron chi connectivity index (χ2n) is 6.83. The fourth-order valence-corrected chi connectivity index (χ4v) is 3.31. The largest absolute Gasteiger partial charge is 0.497 e. The van der Waals surface area contributed by atoms with Crippen molar-refractivity contribution < 1.29 is 27.4 Å². The molecule has 1 amide bonds. The van der Waals surface area contributed by atoms with E-state index in [4.69, 9.17) is 9.47 Å². The minimum Gasteiger partial charge on any atom is -0.497 e. The molecule has 3 rings (SSSR count). The van der Waals surface area contributed by atoms with Crippen LogP contribution in [0.25, 0.3) is 0 Å². The van der Waals surface area contributed by atoms with E-state index in [-0.39, 0.29) is 5.91 Å². The zero-order valence-corrected chi connectivity index (χ0v) is 16.3. The number of amides is 1. The van der Waals surface area contributed by atoms with E-state index in [0.717, 1.165) is 17.7 Å². The van der Waals surface area contributed by atoms with Gasteiger partial charge in [-0.05, 0) is 29.8 Å². The third-order valence-corrected chi connectivity index (χ3v) is 4.99. The van der Waals surface area contributed by atoms with Crippen molar-refractivity contribution in [2.24, 2.45) is 0 Å². The summed E-state index contributed by atoms with van der Waals surface area (Å²) in [6, 6.07) is 10.3. The lowest BCUT2D eigenvalue weighted by Gasteiger charge is -2.35. The van der Waals surface area contributed by atoms with Crippen molar-refractivity contribution in [1.29, 1.82) is 0 Å². The summed E-state index contributed by atoms with van der Waals surface area (Å²) in [4.78, 5) is 16.7. The summed E-state index contributed by atoms with van der Waals surface area (Å²) in [5, 5.41) is 0. The van der Waals surface area contributed by atoms with Crippen LogP contribution in [-0.2, 0) is 12.7 Å². The number of ether oxygens (including phenoxy) is 2. The molecular formula is C21H23F3N2O3. The smallest absolute Gasteiger partial charge is 0.416 e. The van der Waals surface area contributed by atoms with Crippen LogP contribution in [0.5, 0.6) is 11.5 Å². The summed E-state index contributed by atoms with van der Waals surface area (Å²) < 4.78 is 48.5. The molecule has 1 aliphatic rings. The highest BCUT2D eigenvalue weighted by atomic mass is 19.4. The number of hydrogen-bond donors (Lipinski definition) is 0. The summed E-state index contributed by atoms with van der Waals surface area (Å²) in [6.07, 6.45) is -4.33. The number of nitrogens with zero attached hydrogens (tertiary/aromatic N) is 2. The maximum absolute atomic E-state index is 12.9. The van der Waals surface area contributed by atoms with Crippen molar-refractivity contribution in [3.8, 4) is 11.5 Å². The summed E-state index contributed by atoms with van der Waals surface area (Å²) in [7, 11) is 3.06. The van der Waals surface area contributed by atoms with Crippen molar-refractivity contribution >= 4 is 5.91 Å². The fourth-order valence-electron chi connectivity index (χ4n) is 3.31. The maximum atomic E-state index is 12.9. The molecule has 0 unspecified atom stereocenters. The van der Waals surface area contributed by atoms with Gasteiger partial charge in [0.2, 0.25) is 0 Å². The molecule has 0 bridgehead atoms. The van der Waals surface area contributed by atoms with Crippen LogP contribution in [-0.4, -0.2) is 56.1 Å². The Morgan fingerprint density at radius 2 is 1.62 bits per heavy atom. The molecule has 0 spiro atoms. The zero-order valence-electron chi connectivity index (χ0n) is 16.3. The lowest BCUT2D eigenvalue weighted by Crippen LogP contribution is -2.48. The summed E-state index contributed by atoms with van der Waals surface area (Å²) in [5.74, 6) is 0.958. The first-order chi connectivity index (χ1) is 13.8. The first-order valence-corrected chi connectivity index (χ1v) is 9.21. The van der Waals surface area contributed by atoms with Gasteiger partial charge in [-0.25, -0.2) is 0 Å². The van der Waals surface area contributed by atoms with E-state index < -0.39 is 11.7 Å². The van der Waals surface area contributed by atoms with E-state index in [0.29, 0.717) is 49.8 Å². The van der Waals surface area contributed by atoms with Gasteiger partial charge in [0.05, 0.1) is 25.3 Å². The van der Waals surface area contributed by atoms with Gasteiger partial charge in [0.25, 0.3) is 5.91 Å². The van der Waals surface area contributed by atoms with Gasteiger partial charge in [0, 0.05) is 38.8 Å². The number of benzene rings is 2. The van der Waals surface area contributed by atoms with Crippen LogP contribution in [0.15, 0.2) is 42.5 Å². The SMILES string of the molecule is COc1ccc(C(=O)N2CCN(Cc3ccc(C(F)(F)F)cc3)CC2)c(OC)c1. The van der Waals surface area contributed by atoms with Crippen molar-refractivity contribution in [2.45, 2.75) is 12.7 Å². The Labute approximate surface area is 167 Å². The molecule has 5 nitrogen and oxygen atoms in total. The number of methoxy groups -OCH3 is 2. The van der Waals surface area contributed by atoms with Gasteiger partial charge in [-0.15, -0.1) is 0 Å². The van der Waals surface area contributed by atoms with Gasteiger partial charge in [0.15, 0.2) is 0 Å². The van der Waals surface area contributed by atoms with Crippen LogP contribution in [0.2, 0.25) is 0 Å². The summed E-state index contributed by atoms with van der Waals surface area (Å²) >= 11 is 0. The second-order valence-corrected chi connectivity index (χ2v) is 6.83. The van der Waals surface area contributed by atoms with E-state index >= 15 is 0 Å². The monoisotopic (exact) mass is 408 g/mol. The van der Waals surface area contributed by atoms with Gasteiger partial charge in [-0.1, -0.05) is 12.1 Å². The van der Waals surface area contributed by atoms with Gasteiger partial charge < -0.3 is 14.4 Å². The molecule has 0 radical (unpaired) electrons. The van der Waals surface area contributed by atoms with Crippen LogP contribution >= 0.6 is 0 Å². The molecule has 1 aliphatic heterocycles. The molecule has 0 atom stereocenters. The summed E-state index contributed by atoms with van der Waals surface area (Å²) in [6.45, 7) is 2.91. The fraction of sp³-hybridized carbons (Fsp3) is 0.381. The molecule has 1 saturated heterocycles. The standard InChI is InChI=1S/C21H23F3N2O3/c1-28-17-7-8-18(19(13-17)29-2)20(27)26-11-9-25(10-12-26)14-15-3-5-16(6-4-15)21(22,23)24/h3-8,13H,9-12,14H2,1-2H3. The van der Waals surface area contributed by atoms with Crippen molar-refractivity contribution in [3.63, 3.8) is 0 Å². The Hall–Kier alpha value is -2.74. The number of rotatable bonds is 5. The highest BCUT2D eigenvalue weighted by molar-refractivity contribution is 5.97. The minimum absolute atomic E-state index is 0.112. The third-order valence-electron chi connectivity index (χ3n) is 4.99. The number of alkyl halides is 3. The Kier molecular flexibility index (Phi) is 6.32. The van der Waals surface area contributed by atoms with Crippen LogP contribution < -0.4 is 9.47 Å². The topological polar surface area (TPSA) is 42.0 Å². The molecule has 0 aliphatic carbocycles. The lowest BCUT2D eigenvalue weighted by molar-refractivity contribution is -0.137. The molecule has 0 saturated carbocycles. The van der Waals surface area contributed by atoms with E-state index in [9.17, 15) is 18.0 Å². The Morgan fingerprint density at radius 1 is 0.966 bits per heavy atom. The highest BCUT2D eigenvalue weighted by Crippen LogP contribution is 2.29. The van der Waals surface area contributed by atoms with Crippen LogP contribution in [0.1, 0.15) is 21.5 Å².